The number of aromatic nitrogens is 2. The van der Waals surface area contributed by atoms with Crippen LogP contribution < -0.4 is 4.74 Å². The summed E-state index contributed by atoms with van der Waals surface area (Å²) in [6, 6.07) is 0.365. The van der Waals surface area contributed by atoms with Gasteiger partial charge in [0.25, 0.3) is 0 Å². The van der Waals surface area contributed by atoms with Crippen LogP contribution in [0.1, 0.15) is 45.6 Å². The summed E-state index contributed by atoms with van der Waals surface area (Å²) < 4.78 is 19.5. The molecule has 0 N–H and O–H groups in total. The van der Waals surface area contributed by atoms with E-state index in [1.54, 1.807) is 0 Å². The monoisotopic (exact) mass is 280 g/mol. The molecule has 0 aliphatic carbocycles. The van der Waals surface area contributed by atoms with Crippen LogP contribution in [0.4, 0.5) is 0 Å². The van der Waals surface area contributed by atoms with E-state index in [1.807, 2.05) is 17.1 Å². The van der Waals surface area contributed by atoms with E-state index in [0.717, 1.165) is 51.3 Å². The summed E-state index contributed by atoms with van der Waals surface area (Å²) in [5, 5.41) is 4.33. The zero-order chi connectivity index (χ0) is 14.0. The van der Waals surface area contributed by atoms with E-state index >= 15 is 0 Å². The standard InChI is InChI=1S/C15H24N2O3/c1-12(2)17-11-14(10-16-17)20-13-3-6-19-15(9-13)4-7-18-8-5-15/h10-13H,3-9H2,1-2H3. The molecule has 1 atom stereocenters. The smallest absolute Gasteiger partial charge is 0.157 e. The van der Waals surface area contributed by atoms with E-state index in [0.29, 0.717) is 6.04 Å². The third-order valence-corrected chi connectivity index (χ3v) is 4.26. The lowest BCUT2D eigenvalue weighted by atomic mass is 9.85. The van der Waals surface area contributed by atoms with Crippen molar-refractivity contribution in [2.24, 2.45) is 0 Å². The highest BCUT2D eigenvalue weighted by Crippen LogP contribution is 2.35. The van der Waals surface area contributed by atoms with Crippen molar-refractivity contribution >= 4 is 0 Å². The fourth-order valence-electron chi connectivity index (χ4n) is 3.03. The summed E-state index contributed by atoms with van der Waals surface area (Å²) in [6.45, 7) is 6.61. The molecule has 1 unspecified atom stereocenters. The maximum absolute atomic E-state index is 6.11. The molecule has 2 fully saturated rings. The van der Waals surface area contributed by atoms with Crippen molar-refractivity contribution < 1.29 is 14.2 Å². The van der Waals surface area contributed by atoms with Crippen LogP contribution in [-0.4, -0.2) is 41.3 Å². The van der Waals surface area contributed by atoms with Crippen molar-refractivity contribution in [1.29, 1.82) is 0 Å². The zero-order valence-electron chi connectivity index (χ0n) is 12.4. The third kappa shape index (κ3) is 2.99. The van der Waals surface area contributed by atoms with Crippen molar-refractivity contribution in [1.82, 2.24) is 9.78 Å². The van der Waals surface area contributed by atoms with E-state index in [-0.39, 0.29) is 11.7 Å². The van der Waals surface area contributed by atoms with Gasteiger partial charge in [0.05, 0.1) is 24.6 Å². The van der Waals surface area contributed by atoms with Crippen molar-refractivity contribution in [2.45, 2.75) is 57.3 Å². The number of nitrogens with zero attached hydrogens (tertiary/aromatic N) is 2. The Morgan fingerprint density at radius 2 is 2.15 bits per heavy atom. The first kappa shape index (κ1) is 13.9. The Morgan fingerprint density at radius 1 is 1.35 bits per heavy atom. The normalized spacial score (nSPS) is 26.1. The first-order valence-corrected chi connectivity index (χ1v) is 7.59. The summed E-state index contributed by atoms with van der Waals surface area (Å²) in [4.78, 5) is 0. The van der Waals surface area contributed by atoms with Crippen LogP contribution in [0.2, 0.25) is 0 Å². The molecule has 0 amide bonds. The number of rotatable bonds is 3. The lowest BCUT2D eigenvalue weighted by molar-refractivity contribution is -0.155. The molecule has 2 aliphatic heterocycles. The molecule has 0 radical (unpaired) electrons. The lowest BCUT2D eigenvalue weighted by Gasteiger charge is -2.42. The molecule has 3 rings (SSSR count). The Balaban J connectivity index is 1.61. The molecule has 2 aliphatic rings. The Hall–Kier alpha value is -1.07. The molecule has 3 heterocycles. The maximum atomic E-state index is 6.11. The van der Waals surface area contributed by atoms with Crippen LogP contribution in [0.25, 0.3) is 0 Å². The number of hydrogen-bond acceptors (Lipinski definition) is 4. The van der Waals surface area contributed by atoms with E-state index < -0.39 is 0 Å². The van der Waals surface area contributed by atoms with Crippen LogP contribution in [0.3, 0.4) is 0 Å². The van der Waals surface area contributed by atoms with Gasteiger partial charge in [-0.15, -0.1) is 0 Å². The van der Waals surface area contributed by atoms with Crippen LogP contribution in [0.15, 0.2) is 12.4 Å². The Bertz CT molecular complexity index is 433. The highest BCUT2D eigenvalue weighted by atomic mass is 16.5. The van der Waals surface area contributed by atoms with Crippen LogP contribution >= 0.6 is 0 Å². The molecule has 1 aromatic heterocycles. The zero-order valence-corrected chi connectivity index (χ0v) is 12.4. The molecule has 5 heteroatoms. The first-order valence-electron chi connectivity index (χ1n) is 7.59. The quantitative estimate of drug-likeness (QED) is 0.853. The summed E-state index contributed by atoms with van der Waals surface area (Å²) in [5.41, 5.74) is -0.0186. The van der Waals surface area contributed by atoms with Gasteiger partial charge >= 0.3 is 0 Å². The van der Waals surface area contributed by atoms with Gasteiger partial charge in [0.1, 0.15) is 6.10 Å². The van der Waals surface area contributed by atoms with Crippen LogP contribution in [0, 0.1) is 0 Å². The van der Waals surface area contributed by atoms with E-state index in [2.05, 4.69) is 18.9 Å². The predicted molar refractivity (Wildman–Crippen MR) is 75.0 cm³/mol. The van der Waals surface area contributed by atoms with Gasteiger partial charge in [0, 0.05) is 32.1 Å². The summed E-state index contributed by atoms with van der Waals surface area (Å²) >= 11 is 0. The largest absolute Gasteiger partial charge is 0.487 e. The van der Waals surface area contributed by atoms with Gasteiger partial charge < -0.3 is 14.2 Å². The van der Waals surface area contributed by atoms with Gasteiger partial charge in [-0.05, 0) is 26.7 Å². The number of hydrogen-bond donors (Lipinski definition) is 0. The molecule has 0 aromatic carbocycles. The predicted octanol–water partition coefficient (Wildman–Crippen LogP) is 2.57. The fourth-order valence-corrected chi connectivity index (χ4v) is 3.03. The molecule has 20 heavy (non-hydrogen) atoms. The molecule has 1 aromatic rings. The van der Waals surface area contributed by atoms with E-state index in [4.69, 9.17) is 14.2 Å². The van der Waals surface area contributed by atoms with Gasteiger partial charge in [0.15, 0.2) is 5.75 Å². The molecule has 0 saturated carbocycles. The van der Waals surface area contributed by atoms with Gasteiger partial charge in [-0.25, -0.2) is 0 Å². The fraction of sp³-hybridized carbons (Fsp3) is 0.800. The number of ether oxygens (including phenoxy) is 3. The third-order valence-electron chi connectivity index (χ3n) is 4.26. The molecule has 0 bridgehead atoms. The van der Waals surface area contributed by atoms with Crippen molar-refractivity contribution in [3.05, 3.63) is 12.4 Å². The molecule has 5 nitrogen and oxygen atoms in total. The molecule has 2 saturated heterocycles. The Labute approximate surface area is 120 Å². The minimum absolute atomic E-state index is 0.0186. The van der Waals surface area contributed by atoms with E-state index in [9.17, 15) is 0 Å². The highest BCUT2D eigenvalue weighted by Gasteiger charge is 2.39. The second-order valence-electron chi connectivity index (χ2n) is 6.13. The van der Waals surface area contributed by atoms with Gasteiger partial charge in [-0.2, -0.15) is 5.10 Å². The van der Waals surface area contributed by atoms with Crippen molar-refractivity contribution in [2.75, 3.05) is 19.8 Å². The molecular weight excluding hydrogens is 256 g/mol. The van der Waals surface area contributed by atoms with Crippen LogP contribution in [0.5, 0.6) is 5.75 Å². The minimum atomic E-state index is -0.0186. The first-order chi connectivity index (χ1) is 9.67. The van der Waals surface area contributed by atoms with E-state index in [1.165, 1.54) is 0 Å². The maximum Gasteiger partial charge on any atom is 0.157 e. The SMILES string of the molecule is CC(C)n1cc(OC2CCOC3(CCOCC3)C2)cn1. The van der Waals surface area contributed by atoms with Crippen molar-refractivity contribution in [3.63, 3.8) is 0 Å². The topological polar surface area (TPSA) is 45.5 Å². The average Bonchev–Trinajstić information content (AvgIpc) is 2.88. The summed E-state index contributed by atoms with van der Waals surface area (Å²) in [7, 11) is 0. The average molecular weight is 280 g/mol. The molecule has 112 valence electrons. The van der Waals surface area contributed by atoms with Gasteiger partial charge in [0.2, 0.25) is 0 Å². The summed E-state index contributed by atoms with van der Waals surface area (Å²) in [6.07, 6.45) is 7.91. The lowest BCUT2D eigenvalue weighted by Crippen LogP contribution is -2.47. The Morgan fingerprint density at radius 3 is 2.85 bits per heavy atom. The van der Waals surface area contributed by atoms with Gasteiger partial charge in [-0.3, -0.25) is 4.68 Å². The second kappa shape index (κ2) is 5.74. The highest BCUT2D eigenvalue weighted by molar-refractivity contribution is 5.13. The molecular formula is C15H24N2O3. The Kier molecular flexibility index (Phi) is 3.98. The summed E-state index contributed by atoms with van der Waals surface area (Å²) in [5.74, 6) is 0.868. The van der Waals surface area contributed by atoms with Crippen LogP contribution in [-0.2, 0) is 9.47 Å². The molecule has 1 spiro atoms. The van der Waals surface area contributed by atoms with Gasteiger partial charge in [-0.1, -0.05) is 0 Å². The van der Waals surface area contributed by atoms with Crippen molar-refractivity contribution in [3.8, 4) is 5.75 Å². The minimum Gasteiger partial charge on any atom is -0.487 e. The second-order valence-corrected chi connectivity index (χ2v) is 6.13.